The van der Waals surface area contributed by atoms with Crippen LogP contribution >= 0.6 is 11.3 Å². The van der Waals surface area contributed by atoms with Crippen LogP contribution in [-0.4, -0.2) is 28.4 Å². The van der Waals surface area contributed by atoms with Crippen molar-refractivity contribution in [2.24, 2.45) is 5.92 Å². The van der Waals surface area contributed by atoms with E-state index in [1.54, 1.807) is 16.2 Å². The van der Waals surface area contributed by atoms with E-state index in [9.17, 15) is 9.59 Å². The van der Waals surface area contributed by atoms with Gasteiger partial charge < -0.3 is 10.0 Å². The van der Waals surface area contributed by atoms with Crippen LogP contribution < -0.4 is 0 Å². The summed E-state index contributed by atoms with van der Waals surface area (Å²) in [7, 11) is 0. The maximum atomic E-state index is 12.0. The van der Waals surface area contributed by atoms with Crippen molar-refractivity contribution in [2.45, 2.75) is 26.3 Å². The van der Waals surface area contributed by atoms with Crippen molar-refractivity contribution < 1.29 is 14.7 Å². The molecule has 0 radical (unpaired) electrons. The highest BCUT2D eigenvalue weighted by Crippen LogP contribution is 2.33. The Morgan fingerprint density at radius 1 is 1.59 bits per heavy atom. The summed E-state index contributed by atoms with van der Waals surface area (Å²) in [5.74, 6) is -2.31. The van der Waals surface area contributed by atoms with Crippen molar-refractivity contribution in [1.29, 1.82) is 0 Å². The molecule has 0 fully saturated rings. The van der Waals surface area contributed by atoms with Crippen LogP contribution in [0, 0.1) is 5.92 Å². The van der Waals surface area contributed by atoms with E-state index < -0.39 is 11.9 Å². The molecule has 2 unspecified atom stereocenters. The Kier molecular flexibility index (Phi) is 3.19. The number of rotatable bonds is 2. The summed E-state index contributed by atoms with van der Waals surface area (Å²) >= 11 is 1.70. The fraction of sp³-hybridized carbons (Fsp3) is 0.500. The number of carboxylic acid groups (broad SMARTS) is 1. The SMILES string of the molecule is CC(C(=O)O)C(=O)N1CCc2sccc2C1C. The van der Waals surface area contributed by atoms with Crippen molar-refractivity contribution in [3.63, 3.8) is 0 Å². The summed E-state index contributed by atoms with van der Waals surface area (Å²) in [6.07, 6.45) is 0.829. The second-order valence-electron chi connectivity index (χ2n) is 4.32. The van der Waals surface area contributed by atoms with Crippen LogP contribution in [0.5, 0.6) is 0 Å². The fourth-order valence-electron chi connectivity index (χ4n) is 2.16. The summed E-state index contributed by atoms with van der Waals surface area (Å²) in [4.78, 5) is 25.9. The monoisotopic (exact) mass is 253 g/mol. The van der Waals surface area contributed by atoms with E-state index in [-0.39, 0.29) is 11.9 Å². The molecule has 0 saturated heterocycles. The first-order chi connectivity index (χ1) is 8.02. The third kappa shape index (κ3) is 2.07. The van der Waals surface area contributed by atoms with Gasteiger partial charge in [0.1, 0.15) is 5.92 Å². The first-order valence-electron chi connectivity index (χ1n) is 5.62. The van der Waals surface area contributed by atoms with E-state index >= 15 is 0 Å². The van der Waals surface area contributed by atoms with Crippen LogP contribution in [0.3, 0.4) is 0 Å². The molecular formula is C12H15NO3S. The summed E-state index contributed by atoms with van der Waals surface area (Å²) in [5.41, 5.74) is 1.16. The predicted octanol–water partition coefficient (Wildman–Crippen LogP) is 1.91. The number of carbonyl (C=O) groups is 2. The molecule has 2 heterocycles. The molecule has 17 heavy (non-hydrogen) atoms. The topological polar surface area (TPSA) is 57.6 Å². The highest BCUT2D eigenvalue weighted by atomic mass is 32.1. The minimum Gasteiger partial charge on any atom is -0.481 e. The lowest BCUT2D eigenvalue weighted by Crippen LogP contribution is -2.43. The molecule has 0 bridgehead atoms. The van der Waals surface area contributed by atoms with Crippen LogP contribution in [0.2, 0.25) is 0 Å². The van der Waals surface area contributed by atoms with Gasteiger partial charge in [0.15, 0.2) is 0 Å². The summed E-state index contributed by atoms with van der Waals surface area (Å²) in [5, 5.41) is 10.9. The lowest BCUT2D eigenvalue weighted by atomic mass is 9.99. The molecule has 1 aromatic rings. The molecule has 1 N–H and O–H groups in total. The molecule has 1 aliphatic rings. The number of hydrogen-bond donors (Lipinski definition) is 1. The number of carboxylic acids is 1. The predicted molar refractivity (Wildman–Crippen MR) is 65.0 cm³/mol. The van der Waals surface area contributed by atoms with Gasteiger partial charge in [-0.2, -0.15) is 0 Å². The van der Waals surface area contributed by atoms with E-state index in [4.69, 9.17) is 5.11 Å². The Morgan fingerprint density at radius 3 is 2.94 bits per heavy atom. The number of carbonyl (C=O) groups excluding carboxylic acids is 1. The smallest absolute Gasteiger partial charge is 0.315 e. The molecule has 0 saturated carbocycles. The maximum absolute atomic E-state index is 12.0. The van der Waals surface area contributed by atoms with Gasteiger partial charge in [0.05, 0.1) is 6.04 Å². The van der Waals surface area contributed by atoms with Gasteiger partial charge in [-0.25, -0.2) is 0 Å². The van der Waals surface area contributed by atoms with Gasteiger partial charge in [0.25, 0.3) is 0 Å². The Labute approximate surface area is 104 Å². The van der Waals surface area contributed by atoms with Gasteiger partial charge in [-0.3, -0.25) is 9.59 Å². The van der Waals surface area contributed by atoms with Crippen molar-refractivity contribution in [1.82, 2.24) is 4.90 Å². The van der Waals surface area contributed by atoms with Crippen LogP contribution in [0.1, 0.15) is 30.3 Å². The quantitative estimate of drug-likeness (QED) is 0.819. The first kappa shape index (κ1) is 12.1. The van der Waals surface area contributed by atoms with E-state index in [2.05, 4.69) is 0 Å². The number of aliphatic carboxylic acids is 1. The minimum atomic E-state index is -1.06. The molecule has 5 heteroatoms. The van der Waals surface area contributed by atoms with Gasteiger partial charge in [0, 0.05) is 11.4 Å². The molecule has 1 amide bonds. The molecule has 2 atom stereocenters. The molecule has 1 aromatic heterocycles. The van der Waals surface area contributed by atoms with Gasteiger partial charge in [-0.05, 0) is 37.3 Å². The number of fused-ring (bicyclic) bond motifs is 1. The first-order valence-corrected chi connectivity index (χ1v) is 6.50. The van der Waals surface area contributed by atoms with Gasteiger partial charge >= 0.3 is 5.97 Å². The molecule has 4 nitrogen and oxygen atoms in total. The maximum Gasteiger partial charge on any atom is 0.315 e. The highest BCUT2D eigenvalue weighted by molar-refractivity contribution is 7.10. The van der Waals surface area contributed by atoms with E-state index in [0.29, 0.717) is 6.54 Å². The normalized spacial score (nSPS) is 20.8. The molecule has 2 rings (SSSR count). The van der Waals surface area contributed by atoms with Gasteiger partial charge in [-0.1, -0.05) is 0 Å². The standard InChI is InChI=1S/C12H15NO3S/c1-7(12(15)16)11(14)13-5-3-10-9(8(13)2)4-6-17-10/h4,6-8H,3,5H2,1-2H3,(H,15,16). The van der Waals surface area contributed by atoms with E-state index in [1.165, 1.54) is 11.8 Å². The van der Waals surface area contributed by atoms with Crippen molar-refractivity contribution in [3.8, 4) is 0 Å². The summed E-state index contributed by atoms with van der Waals surface area (Å²) < 4.78 is 0. The lowest BCUT2D eigenvalue weighted by molar-refractivity contribution is -0.151. The molecule has 0 aliphatic carbocycles. The molecule has 92 valence electrons. The second-order valence-corrected chi connectivity index (χ2v) is 5.32. The Hall–Kier alpha value is -1.36. The number of hydrogen-bond acceptors (Lipinski definition) is 3. The Balaban J connectivity index is 2.20. The largest absolute Gasteiger partial charge is 0.481 e. The van der Waals surface area contributed by atoms with Crippen LogP contribution in [-0.2, 0) is 16.0 Å². The van der Waals surface area contributed by atoms with Crippen molar-refractivity contribution in [3.05, 3.63) is 21.9 Å². The van der Waals surface area contributed by atoms with Crippen LogP contribution in [0.15, 0.2) is 11.4 Å². The Morgan fingerprint density at radius 2 is 2.29 bits per heavy atom. The van der Waals surface area contributed by atoms with Gasteiger partial charge in [-0.15, -0.1) is 11.3 Å². The zero-order valence-corrected chi connectivity index (χ0v) is 10.7. The zero-order valence-electron chi connectivity index (χ0n) is 9.84. The second kappa shape index (κ2) is 4.49. The molecule has 1 aliphatic heterocycles. The summed E-state index contributed by atoms with van der Waals surface area (Å²) in [6.45, 7) is 4.02. The van der Waals surface area contributed by atoms with E-state index in [0.717, 1.165) is 12.0 Å². The number of nitrogens with zero attached hydrogens (tertiary/aromatic N) is 1. The molecule has 0 aromatic carbocycles. The third-order valence-electron chi connectivity index (χ3n) is 3.30. The average molecular weight is 253 g/mol. The third-order valence-corrected chi connectivity index (χ3v) is 4.30. The number of thiophene rings is 1. The van der Waals surface area contributed by atoms with Crippen LogP contribution in [0.25, 0.3) is 0 Å². The molecule has 0 spiro atoms. The Bertz CT molecular complexity index is 454. The van der Waals surface area contributed by atoms with Crippen molar-refractivity contribution >= 4 is 23.2 Å². The zero-order chi connectivity index (χ0) is 12.6. The lowest BCUT2D eigenvalue weighted by Gasteiger charge is -2.34. The summed E-state index contributed by atoms with van der Waals surface area (Å²) in [6, 6.07) is 2.01. The average Bonchev–Trinajstić information content (AvgIpc) is 2.76. The minimum absolute atomic E-state index is 0.0145. The van der Waals surface area contributed by atoms with Crippen LogP contribution in [0.4, 0.5) is 0 Å². The van der Waals surface area contributed by atoms with Gasteiger partial charge in [0.2, 0.25) is 5.91 Å². The highest BCUT2D eigenvalue weighted by Gasteiger charge is 2.33. The van der Waals surface area contributed by atoms with Crippen molar-refractivity contribution in [2.75, 3.05) is 6.54 Å². The number of amides is 1. The van der Waals surface area contributed by atoms with E-state index in [1.807, 2.05) is 18.4 Å². The molecular weight excluding hydrogens is 238 g/mol. The fourth-order valence-corrected chi connectivity index (χ4v) is 3.13.